The molecule has 0 spiro atoms. The van der Waals surface area contributed by atoms with E-state index in [9.17, 15) is 13.6 Å². The number of benzene rings is 2. The van der Waals surface area contributed by atoms with Crippen molar-refractivity contribution in [2.24, 2.45) is 0 Å². The average molecular weight is 344 g/mol. The van der Waals surface area contributed by atoms with Crippen LogP contribution in [0.3, 0.4) is 0 Å². The van der Waals surface area contributed by atoms with Crippen LogP contribution in [0, 0.1) is 11.3 Å². The summed E-state index contributed by atoms with van der Waals surface area (Å²) in [7, 11) is 0. The number of nitriles is 1. The molecule has 0 atom stereocenters. The first kappa shape index (κ1) is 18.4. The van der Waals surface area contributed by atoms with Gasteiger partial charge in [-0.3, -0.25) is 4.79 Å². The molecule has 2 aromatic rings. The Labute approximate surface area is 145 Å². The number of carbonyl (C=O) groups excluding carboxylic acids is 1. The minimum Gasteiger partial charge on any atom is -0.435 e. The van der Waals surface area contributed by atoms with Crippen LogP contribution in [-0.4, -0.2) is 24.0 Å². The predicted molar refractivity (Wildman–Crippen MR) is 89.3 cm³/mol. The third kappa shape index (κ3) is 5.28. The summed E-state index contributed by atoms with van der Waals surface area (Å²) < 4.78 is 29.0. The molecule has 4 nitrogen and oxygen atoms in total. The Morgan fingerprint density at radius 3 is 2.56 bits per heavy atom. The largest absolute Gasteiger partial charge is 0.435 e. The van der Waals surface area contributed by atoms with Crippen molar-refractivity contribution in [1.29, 1.82) is 5.26 Å². The van der Waals surface area contributed by atoms with E-state index >= 15 is 0 Å². The molecule has 6 heteroatoms. The Morgan fingerprint density at radius 2 is 1.96 bits per heavy atom. The molecule has 0 saturated heterocycles. The Bertz CT molecular complexity index is 755. The quantitative estimate of drug-likeness (QED) is 0.756. The molecule has 0 bridgehead atoms. The maximum atomic E-state index is 12.7. The molecule has 0 unspecified atom stereocenters. The van der Waals surface area contributed by atoms with Crippen LogP contribution in [0.2, 0.25) is 0 Å². The molecule has 2 aromatic carbocycles. The minimum atomic E-state index is -2.93. The SMILES string of the molecule is CCCN(Cc1ccc(C#N)cc1)C(=O)c1cccc(OC(F)F)c1. The summed E-state index contributed by atoms with van der Waals surface area (Å²) in [5, 5.41) is 8.84. The number of alkyl halides is 2. The molecule has 0 saturated carbocycles. The molecule has 0 aliphatic carbocycles. The van der Waals surface area contributed by atoms with Crippen LogP contribution in [0.15, 0.2) is 48.5 Å². The van der Waals surface area contributed by atoms with Crippen molar-refractivity contribution >= 4 is 5.91 Å². The minimum absolute atomic E-state index is 0.0457. The molecular weight excluding hydrogens is 326 g/mol. The molecule has 0 aliphatic heterocycles. The Kier molecular flexibility index (Phi) is 6.47. The van der Waals surface area contributed by atoms with Crippen LogP contribution >= 0.6 is 0 Å². The standard InChI is InChI=1S/C19H18F2N2O2/c1-2-10-23(13-15-8-6-14(12-22)7-9-15)18(24)16-4-3-5-17(11-16)25-19(20)21/h3-9,11,19H,2,10,13H2,1H3. The van der Waals surface area contributed by atoms with Gasteiger partial charge >= 0.3 is 6.61 Å². The van der Waals surface area contributed by atoms with Gasteiger partial charge in [-0.2, -0.15) is 14.0 Å². The van der Waals surface area contributed by atoms with E-state index in [4.69, 9.17) is 5.26 Å². The second-order valence-corrected chi connectivity index (χ2v) is 5.44. The van der Waals surface area contributed by atoms with E-state index in [1.807, 2.05) is 13.0 Å². The fraction of sp³-hybridized carbons (Fsp3) is 0.263. The van der Waals surface area contributed by atoms with Crippen molar-refractivity contribution in [3.63, 3.8) is 0 Å². The van der Waals surface area contributed by atoms with Gasteiger partial charge in [-0.05, 0) is 42.3 Å². The molecule has 0 heterocycles. The van der Waals surface area contributed by atoms with E-state index in [1.54, 1.807) is 35.2 Å². The van der Waals surface area contributed by atoms with E-state index in [2.05, 4.69) is 4.74 Å². The van der Waals surface area contributed by atoms with E-state index in [0.29, 0.717) is 24.2 Å². The molecule has 0 N–H and O–H groups in total. The first-order chi connectivity index (χ1) is 12.0. The normalized spacial score (nSPS) is 10.4. The van der Waals surface area contributed by atoms with Gasteiger partial charge in [0.2, 0.25) is 0 Å². The van der Waals surface area contributed by atoms with Gasteiger partial charge in [-0.25, -0.2) is 0 Å². The van der Waals surface area contributed by atoms with Crippen LogP contribution in [0.1, 0.15) is 34.8 Å². The highest BCUT2D eigenvalue weighted by Gasteiger charge is 2.17. The maximum Gasteiger partial charge on any atom is 0.387 e. The van der Waals surface area contributed by atoms with E-state index in [1.165, 1.54) is 18.2 Å². The Hall–Kier alpha value is -2.94. The average Bonchev–Trinajstić information content (AvgIpc) is 2.61. The third-order valence-electron chi connectivity index (χ3n) is 3.54. The molecule has 130 valence electrons. The van der Waals surface area contributed by atoms with Crippen LogP contribution in [0.25, 0.3) is 0 Å². The topological polar surface area (TPSA) is 53.3 Å². The fourth-order valence-corrected chi connectivity index (χ4v) is 2.42. The molecule has 0 fully saturated rings. The van der Waals surface area contributed by atoms with Crippen LogP contribution in [-0.2, 0) is 6.54 Å². The zero-order valence-electron chi connectivity index (χ0n) is 13.8. The van der Waals surface area contributed by atoms with Crippen molar-refractivity contribution in [3.05, 3.63) is 65.2 Å². The smallest absolute Gasteiger partial charge is 0.387 e. The third-order valence-corrected chi connectivity index (χ3v) is 3.54. The summed E-state index contributed by atoms with van der Waals surface area (Å²) in [5.74, 6) is -0.304. The molecule has 0 aliphatic rings. The highest BCUT2D eigenvalue weighted by molar-refractivity contribution is 5.94. The summed E-state index contributed by atoms with van der Waals surface area (Å²) in [6, 6.07) is 14.8. The van der Waals surface area contributed by atoms with Crippen molar-refractivity contribution in [1.82, 2.24) is 4.90 Å². The summed E-state index contributed by atoms with van der Waals surface area (Å²) >= 11 is 0. The Balaban J connectivity index is 2.18. The fourth-order valence-electron chi connectivity index (χ4n) is 2.42. The van der Waals surface area contributed by atoms with E-state index in [-0.39, 0.29) is 11.7 Å². The lowest BCUT2D eigenvalue weighted by atomic mass is 10.1. The summed E-state index contributed by atoms with van der Waals surface area (Å²) in [6.45, 7) is -0.0809. The van der Waals surface area contributed by atoms with Crippen molar-refractivity contribution in [3.8, 4) is 11.8 Å². The van der Waals surface area contributed by atoms with Gasteiger partial charge in [0.15, 0.2) is 0 Å². The number of rotatable bonds is 7. The van der Waals surface area contributed by atoms with Crippen LogP contribution in [0.4, 0.5) is 8.78 Å². The van der Waals surface area contributed by atoms with Gasteiger partial charge in [-0.15, -0.1) is 0 Å². The monoisotopic (exact) mass is 344 g/mol. The summed E-state index contributed by atoms with van der Waals surface area (Å²) in [4.78, 5) is 14.4. The summed E-state index contributed by atoms with van der Waals surface area (Å²) in [5.41, 5.74) is 1.73. The van der Waals surface area contributed by atoms with Crippen molar-refractivity contribution < 1.29 is 18.3 Å². The lowest BCUT2D eigenvalue weighted by Gasteiger charge is -2.22. The number of hydrogen-bond donors (Lipinski definition) is 0. The van der Waals surface area contributed by atoms with Crippen LogP contribution in [0.5, 0.6) is 5.75 Å². The first-order valence-electron chi connectivity index (χ1n) is 7.86. The van der Waals surface area contributed by atoms with E-state index < -0.39 is 6.61 Å². The van der Waals surface area contributed by atoms with E-state index in [0.717, 1.165) is 12.0 Å². The predicted octanol–water partition coefficient (Wildman–Crippen LogP) is 4.21. The Morgan fingerprint density at radius 1 is 1.24 bits per heavy atom. The molecular formula is C19H18F2N2O2. The second-order valence-electron chi connectivity index (χ2n) is 5.44. The van der Waals surface area contributed by atoms with Gasteiger partial charge in [0.1, 0.15) is 5.75 Å². The number of ether oxygens (including phenoxy) is 1. The first-order valence-corrected chi connectivity index (χ1v) is 7.86. The highest BCUT2D eigenvalue weighted by atomic mass is 19.3. The summed E-state index contributed by atoms with van der Waals surface area (Å²) in [6.07, 6.45) is 0.759. The lowest BCUT2D eigenvalue weighted by molar-refractivity contribution is -0.0499. The zero-order chi connectivity index (χ0) is 18.2. The second kappa shape index (κ2) is 8.78. The lowest BCUT2D eigenvalue weighted by Crippen LogP contribution is -2.31. The zero-order valence-corrected chi connectivity index (χ0v) is 13.8. The molecule has 1 amide bonds. The number of nitrogens with zero attached hydrogens (tertiary/aromatic N) is 2. The maximum absolute atomic E-state index is 12.7. The van der Waals surface area contributed by atoms with Crippen molar-refractivity contribution in [2.75, 3.05) is 6.54 Å². The van der Waals surface area contributed by atoms with Gasteiger partial charge < -0.3 is 9.64 Å². The van der Waals surface area contributed by atoms with Gasteiger partial charge in [0.25, 0.3) is 5.91 Å². The van der Waals surface area contributed by atoms with Gasteiger partial charge in [0.05, 0.1) is 11.6 Å². The number of hydrogen-bond acceptors (Lipinski definition) is 3. The number of carbonyl (C=O) groups is 1. The van der Waals surface area contributed by atoms with Gasteiger partial charge in [-0.1, -0.05) is 25.1 Å². The number of amides is 1. The molecule has 0 radical (unpaired) electrons. The van der Waals surface area contributed by atoms with Crippen molar-refractivity contribution in [2.45, 2.75) is 26.5 Å². The molecule has 0 aromatic heterocycles. The number of halogens is 2. The highest BCUT2D eigenvalue weighted by Crippen LogP contribution is 2.18. The molecule has 2 rings (SSSR count). The van der Waals surface area contributed by atoms with Crippen LogP contribution < -0.4 is 4.74 Å². The molecule has 25 heavy (non-hydrogen) atoms. The van der Waals surface area contributed by atoms with Gasteiger partial charge in [0, 0.05) is 18.7 Å².